The predicted octanol–water partition coefficient (Wildman–Crippen LogP) is 4.63. The summed E-state index contributed by atoms with van der Waals surface area (Å²) < 4.78 is 1.18. The Morgan fingerprint density at radius 2 is 2.04 bits per heavy atom. The lowest BCUT2D eigenvalue weighted by atomic mass is 10.0. The minimum absolute atomic E-state index is 0.221. The van der Waals surface area contributed by atoms with Crippen LogP contribution >= 0.6 is 22.7 Å². The molecule has 27 heavy (non-hydrogen) atoms. The number of nitrogens with two attached hydrogens (primary N) is 2. The maximum Gasteiger partial charge on any atom is 0.257 e. The van der Waals surface area contributed by atoms with Crippen LogP contribution < -0.4 is 16.8 Å². The first-order valence-corrected chi connectivity index (χ1v) is 10.1. The number of rotatable bonds is 4. The van der Waals surface area contributed by atoms with Gasteiger partial charge in [0.25, 0.3) is 5.91 Å². The van der Waals surface area contributed by atoms with Gasteiger partial charge in [-0.2, -0.15) is 0 Å². The zero-order chi connectivity index (χ0) is 19.0. The molecule has 0 saturated heterocycles. The van der Waals surface area contributed by atoms with Gasteiger partial charge in [-0.25, -0.2) is 4.98 Å². The average molecular weight is 395 g/mol. The van der Waals surface area contributed by atoms with Crippen LogP contribution in [0.5, 0.6) is 0 Å². The zero-order valence-corrected chi connectivity index (χ0v) is 16.3. The van der Waals surface area contributed by atoms with E-state index in [9.17, 15) is 4.79 Å². The second-order valence-corrected chi connectivity index (χ2v) is 8.14. The molecule has 1 amide bonds. The van der Waals surface area contributed by atoms with Gasteiger partial charge in [-0.1, -0.05) is 18.2 Å². The Kier molecular flexibility index (Phi) is 4.65. The molecule has 0 bridgehead atoms. The maximum atomic E-state index is 12.7. The lowest BCUT2D eigenvalue weighted by Crippen LogP contribution is -2.14. The SMILES string of the molecule is Cc1csc(NC(=O)c2cc(CN)c(N)c(-c3cc4ccccc4s3)c2)n1. The summed E-state index contributed by atoms with van der Waals surface area (Å²) in [5, 5.41) is 6.47. The van der Waals surface area contributed by atoms with Crippen molar-refractivity contribution >= 4 is 49.5 Å². The molecule has 7 heteroatoms. The van der Waals surface area contributed by atoms with E-state index in [-0.39, 0.29) is 12.5 Å². The molecule has 0 atom stereocenters. The van der Waals surface area contributed by atoms with Crippen molar-refractivity contribution in [3.8, 4) is 10.4 Å². The molecule has 0 fully saturated rings. The van der Waals surface area contributed by atoms with Gasteiger partial charge >= 0.3 is 0 Å². The largest absolute Gasteiger partial charge is 0.398 e. The molecule has 0 radical (unpaired) electrons. The fraction of sp³-hybridized carbons (Fsp3) is 0.100. The summed E-state index contributed by atoms with van der Waals surface area (Å²) in [4.78, 5) is 18.0. The molecule has 4 rings (SSSR count). The number of aromatic nitrogens is 1. The summed E-state index contributed by atoms with van der Waals surface area (Å²) in [6.07, 6.45) is 0. The number of nitrogen functional groups attached to an aromatic ring is 1. The molecular formula is C20H18N4OS2. The van der Waals surface area contributed by atoms with Gasteiger partial charge in [0.2, 0.25) is 0 Å². The number of carbonyl (C=O) groups excluding carboxylic acids is 1. The number of hydrogen-bond acceptors (Lipinski definition) is 6. The molecule has 136 valence electrons. The Morgan fingerprint density at radius 3 is 2.74 bits per heavy atom. The summed E-state index contributed by atoms with van der Waals surface area (Å²) in [5.41, 5.74) is 15.8. The van der Waals surface area contributed by atoms with E-state index in [0.29, 0.717) is 16.4 Å². The Labute approximate surface area is 164 Å². The minimum atomic E-state index is -0.221. The lowest BCUT2D eigenvalue weighted by molar-refractivity contribution is 0.102. The van der Waals surface area contributed by atoms with E-state index >= 15 is 0 Å². The van der Waals surface area contributed by atoms with Crippen LogP contribution in [-0.2, 0) is 6.54 Å². The van der Waals surface area contributed by atoms with Crippen LogP contribution in [0.25, 0.3) is 20.5 Å². The minimum Gasteiger partial charge on any atom is -0.398 e. The van der Waals surface area contributed by atoms with Gasteiger partial charge in [-0.15, -0.1) is 22.7 Å². The van der Waals surface area contributed by atoms with Crippen molar-refractivity contribution in [3.05, 3.63) is 64.7 Å². The number of fused-ring (bicyclic) bond motifs is 1. The number of hydrogen-bond donors (Lipinski definition) is 3. The van der Waals surface area contributed by atoms with E-state index in [1.165, 1.54) is 16.0 Å². The highest BCUT2D eigenvalue weighted by molar-refractivity contribution is 7.22. The molecule has 5 nitrogen and oxygen atoms in total. The summed E-state index contributed by atoms with van der Waals surface area (Å²) in [6, 6.07) is 13.8. The fourth-order valence-corrected chi connectivity index (χ4v) is 4.69. The topological polar surface area (TPSA) is 94.0 Å². The maximum absolute atomic E-state index is 12.7. The molecule has 0 aliphatic carbocycles. The Morgan fingerprint density at radius 1 is 1.22 bits per heavy atom. The number of benzene rings is 2. The second-order valence-electron chi connectivity index (χ2n) is 6.20. The summed E-state index contributed by atoms with van der Waals surface area (Å²) in [7, 11) is 0. The van der Waals surface area contributed by atoms with E-state index in [2.05, 4.69) is 28.5 Å². The molecule has 0 aliphatic rings. The number of nitrogens with zero attached hydrogens (tertiary/aromatic N) is 1. The highest BCUT2D eigenvalue weighted by atomic mass is 32.1. The third-order valence-corrected chi connectivity index (χ3v) is 6.30. The predicted molar refractivity (Wildman–Crippen MR) is 114 cm³/mol. The van der Waals surface area contributed by atoms with Gasteiger partial charge in [0, 0.05) is 38.3 Å². The number of nitrogens with one attached hydrogen (secondary N) is 1. The van der Waals surface area contributed by atoms with Crippen molar-refractivity contribution in [2.24, 2.45) is 5.73 Å². The molecular weight excluding hydrogens is 376 g/mol. The molecule has 5 N–H and O–H groups in total. The Hall–Kier alpha value is -2.74. The van der Waals surface area contributed by atoms with E-state index in [0.717, 1.165) is 27.1 Å². The third-order valence-electron chi connectivity index (χ3n) is 4.28. The monoisotopic (exact) mass is 394 g/mol. The van der Waals surface area contributed by atoms with Gasteiger partial charge in [0.1, 0.15) is 0 Å². The number of carbonyl (C=O) groups is 1. The van der Waals surface area contributed by atoms with Crippen LogP contribution in [0, 0.1) is 6.92 Å². The first kappa shape index (κ1) is 17.7. The quantitative estimate of drug-likeness (QED) is 0.440. The zero-order valence-electron chi connectivity index (χ0n) is 14.7. The van der Waals surface area contributed by atoms with Gasteiger partial charge in [0.15, 0.2) is 5.13 Å². The highest BCUT2D eigenvalue weighted by Crippen LogP contribution is 2.38. The van der Waals surface area contributed by atoms with Crippen molar-refractivity contribution in [2.75, 3.05) is 11.1 Å². The highest BCUT2D eigenvalue weighted by Gasteiger charge is 2.16. The van der Waals surface area contributed by atoms with Crippen molar-refractivity contribution in [3.63, 3.8) is 0 Å². The molecule has 4 aromatic rings. The molecule has 0 spiro atoms. The third kappa shape index (κ3) is 3.44. The fourth-order valence-electron chi connectivity index (χ4n) is 2.91. The van der Waals surface area contributed by atoms with Gasteiger partial charge in [-0.05, 0) is 42.1 Å². The van der Waals surface area contributed by atoms with Gasteiger partial charge < -0.3 is 11.5 Å². The van der Waals surface area contributed by atoms with Crippen LogP contribution in [0.2, 0.25) is 0 Å². The van der Waals surface area contributed by atoms with Crippen molar-refractivity contribution in [2.45, 2.75) is 13.5 Å². The molecule has 2 heterocycles. The first-order chi connectivity index (χ1) is 13.0. The van der Waals surface area contributed by atoms with Crippen LogP contribution in [0.1, 0.15) is 21.6 Å². The normalized spacial score (nSPS) is 11.0. The van der Waals surface area contributed by atoms with E-state index in [1.54, 1.807) is 17.4 Å². The van der Waals surface area contributed by atoms with Crippen molar-refractivity contribution in [1.82, 2.24) is 4.98 Å². The van der Waals surface area contributed by atoms with Gasteiger partial charge in [0.05, 0.1) is 5.69 Å². The molecule has 0 aliphatic heterocycles. The van der Waals surface area contributed by atoms with E-state index < -0.39 is 0 Å². The standard InChI is InChI=1S/C20H18N4OS2/c1-11-10-26-20(23-11)24-19(25)13-6-14(9-21)18(22)15(7-13)17-8-12-4-2-3-5-16(12)27-17/h2-8,10H,9,21-22H2,1H3,(H,23,24,25). The average Bonchev–Trinajstić information content (AvgIpc) is 3.27. The number of anilines is 2. The number of amides is 1. The summed E-state index contributed by atoms with van der Waals surface area (Å²) in [6.45, 7) is 2.16. The number of aryl methyl sites for hydroxylation is 1. The van der Waals surface area contributed by atoms with E-state index in [4.69, 9.17) is 11.5 Å². The second kappa shape index (κ2) is 7.11. The molecule has 0 unspecified atom stereocenters. The van der Waals surface area contributed by atoms with Crippen molar-refractivity contribution < 1.29 is 4.79 Å². The van der Waals surface area contributed by atoms with E-state index in [1.807, 2.05) is 30.5 Å². The smallest absolute Gasteiger partial charge is 0.257 e. The summed E-state index contributed by atoms with van der Waals surface area (Å²) >= 11 is 3.05. The van der Waals surface area contributed by atoms with Crippen LogP contribution in [0.3, 0.4) is 0 Å². The summed E-state index contributed by atoms with van der Waals surface area (Å²) in [5.74, 6) is -0.221. The Balaban J connectivity index is 1.77. The van der Waals surface area contributed by atoms with Gasteiger partial charge in [-0.3, -0.25) is 10.1 Å². The van der Waals surface area contributed by atoms with Crippen molar-refractivity contribution in [1.29, 1.82) is 0 Å². The number of thiophene rings is 1. The van der Waals surface area contributed by atoms with Crippen LogP contribution in [0.15, 0.2) is 47.8 Å². The van der Waals surface area contributed by atoms with Crippen LogP contribution in [0.4, 0.5) is 10.8 Å². The molecule has 2 aromatic carbocycles. The Bertz CT molecular complexity index is 1110. The molecule has 0 saturated carbocycles. The number of thiazole rings is 1. The molecule has 2 aromatic heterocycles. The first-order valence-electron chi connectivity index (χ1n) is 8.40. The lowest BCUT2D eigenvalue weighted by Gasteiger charge is -2.12. The van der Waals surface area contributed by atoms with Crippen LogP contribution in [-0.4, -0.2) is 10.9 Å².